The fourth-order valence-corrected chi connectivity index (χ4v) is 2.89. The van der Waals surface area contributed by atoms with Gasteiger partial charge in [-0.2, -0.15) is 4.98 Å². The van der Waals surface area contributed by atoms with Crippen molar-refractivity contribution < 1.29 is 18.4 Å². The van der Waals surface area contributed by atoms with E-state index in [0.29, 0.717) is 18.0 Å². The van der Waals surface area contributed by atoms with E-state index >= 15 is 0 Å². The standard InChI is InChI=1S/C16H19F2N3O2/c1-10(22)12-3-2-6-21(8-12)9-15-19-16(20-23-15)11-4-5-13(17)14(18)7-11/h4-5,7,10,12,22H,2-3,6,8-9H2,1H3. The first-order valence-electron chi connectivity index (χ1n) is 7.71. The maximum Gasteiger partial charge on any atom is 0.241 e. The van der Waals surface area contributed by atoms with Gasteiger partial charge < -0.3 is 9.63 Å². The van der Waals surface area contributed by atoms with Gasteiger partial charge in [-0.15, -0.1) is 0 Å². The Morgan fingerprint density at radius 3 is 2.96 bits per heavy atom. The average Bonchev–Trinajstić information content (AvgIpc) is 2.99. The molecule has 1 fully saturated rings. The summed E-state index contributed by atoms with van der Waals surface area (Å²) in [5.74, 6) is -0.934. The number of benzene rings is 1. The van der Waals surface area contributed by atoms with Crippen molar-refractivity contribution in [2.75, 3.05) is 13.1 Å². The summed E-state index contributed by atoms with van der Waals surface area (Å²) in [6, 6.07) is 3.50. The number of nitrogens with zero attached hydrogens (tertiary/aromatic N) is 3. The minimum absolute atomic E-state index is 0.239. The van der Waals surface area contributed by atoms with Gasteiger partial charge in [-0.25, -0.2) is 8.78 Å². The number of aliphatic hydroxyl groups excluding tert-OH is 1. The monoisotopic (exact) mass is 323 g/mol. The van der Waals surface area contributed by atoms with Crippen LogP contribution in [0.3, 0.4) is 0 Å². The summed E-state index contributed by atoms with van der Waals surface area (Å²) in [5.41, 5.74) is 0.374. The number of hydrogen-bond acceptors (Lipinski definition) is 5. The molecule has 1 aliphatic heterocycles. The summed E-state index contributed by atoms with van der Waals surface area (Å²) in [6.45, 7) is 3.98. The molecule has 0 amide bonds. The summed E-state index contributed by atoms with van der Waals surface area (Å²) < 4.78 is 31.4. The van der Waals surface area contributed by atoms with Crippen LogP contribution in [0.1, 0.15) is 25.7 Å². The van der Waals surface area contributed by atoms with Crippen LogP contribution in [-0.4, -0.2) is 39.3 Å². The lowest BCUT2D eigenvalue weighted by molar-refractivity contribution is 0.0556. The third kappa shape index (κ3) is 3.73. The lowest BCUT2D eigenvalue weighted by Gasteiger charge is -2.33. The van der Waals surface area contributed by atoms with Gasteiger partial charge in [0.1, 0.15) is 0 Å². The molecule has 2 atom stereocenters. The van der Waals surface area contributed by atoms with Crippen LogP contribution >= 0.6 is 0 Å². The van der Waals surface area contributed by atoms with Gasteiger partial charge in [0.2, 0.25) is 11.7 Å². The average molecular weight is 323 g/mol. The molecule has 0 spiro atoms. The second-order valence-corrected chi connectivity index (χ2v) is 6.02. The summed E-state index contributed by atoms with van der Waals surface area (Å²) in [7, 11) is 0. The second kappa shape index (κ2) is 6.72. The molecule has 2 heterocycles. The fraction of sp³-hybridized carbons (Fsp3) is 0.500. The Labute approximate surface area is 132 Å². The predicted octanol–water partition coefficient (Wildman–Crippen LogP) is 2.61. The van der Waals surface area contributed by atoms with Crippen molar-refractivity contribution in [2.45, 2.75) is 32.4 Å². The third-order valence-corrected chi connectivity index (χ3v) is 4.23. The molecule has 1 aliphatic rings. The van der Waals surface area contributed by atoms with Crippen LogP contribution in [0.25, 0.3) is 11.4 Å². The van der Waals surface area contributed by atoms with E-state index in [-0.39, 0.29) is 17.8 Å². The SMILES string of the molecule is CC(O)C1CCCN(Cc2nc(-c3ccc(F)c(F)c3)no2)C1. The van der Waals surface area contributed by atoms with Crippen molar-refractivity contribution in [1.82, 2.24) is 15.0 Å². The molecule has 0 saturated carbocycles. The normalized spacial score (nSPS) is 20.6. The van der Waals surface area contributed by atoms with E-state index < -0.39 is 11.6 Å². The van der Waals surface area contributed by atoms with Gasteiger partial charge in [-0.3, -0.25) is 4.90 Å². The smallest absolute Gasteiger partial charge is 0.241 e. The lowest BCUT2D eigenvalue weighted by atomic mass is 9.93. The minimum Gasteiger partial charge on any atom is -0.393 e. The minimum atomic E-state index is -0.940. The van der Waals surface area contributed by atoms with Gasteiger partial charge in [-0.05, 0) is 50.4 Å². The summed E-state index contributed by atoms with van der Waals surface area (Å²) in [6.07, 6.45) is 1.69. The highest BCUT2D eigenvalue weighted by Crippen LogP contribution is 2.22. The molecule has 1 N–H and O–H groups in total. The Balaban J connectivity index is 1.68. The summed E-state index contributed by atoms with van der Waals surface area (Å²) in [5, 5.41) is 13.5. The molecule has 0 bridgehead atoms. The van der Waals surface area contributed by atoms with Crippen molar-refractivity contribution in [3.8, 4) is 11.4 Å². The topological polar surface area (TPSA) is 62.4 Å². The van der Waals surface area contributed by atoms with Gasteiger partial charge in [0, 0.05) is 12.1 Å². The third-order valence-electron chi connectivity index (χ3n) is 4.23. The molecule has 2 unspecified atom stereocenters. The van der Waals surface area contributed by atoms with E-state index in [1.165, 1.54) is 6.07 Å². The molecular weight excluding hydrogens is 304 g/mol. The van der Waals surface area contributed by atoms with E-state index in [0.717, 1.165) is 38.1 Å². The number of aliphatic hydroxyl groups is 1. The Bertz CT molecular complexity index is 675. The molecule has 124 valence electrons. The van der Waals surface area contributed by atoms with Gasteiger partial charge in [0.05, 0.1) is 12.6 Å². The Morgan fingerprint density at radius 1 is 1.39 bits per heavy atom. The van der Waals surface area contributed by atoms with Crippen LogP contribution in [0.15, 0.2) is 22.7 Å². The van der Waals surface area contributed by atoms with Gasteiger partial charge >= 0.3 is 0 Å². The van der Waals surface area contributed by atoms with Crippen molar-refractivity contribution in [3.05, 3.63) is 35.7 Å². The van der Waals surface area contributed by atoms with Crippen molar-refractivity contribution in [1.29, 1.82) is 0 Å². The molecule has 1 saturated heterocycles. The van der Waals surface area contributed by atoms with Gasteiger partial charge in [-0.1, -0.05) is 5.16 Å². The van der Waals surface area contributed by atoms with Gasteiger partial charge in [0.25, 0.3) is 0 Å². The Hall–Kier alpha value is -1.86. The number of rotatable bonds is 4. The maximum atomic E-state index is 13.3. The molecule has 3 rings (SSSR count). The molecule has 7 heteroatoms. The molecule has 1 aromatic carbocycles. The van der Waals surface area contributed by atoms with Crippen LogP contribution in [0.5, 0.6) is 0 Å². The van der Waals surface area contributed by atoms with Crippen molar-refractivity contribution in [2.24, 2.45) is 5.92 Å². The largest absolute Gasteiger partial charge is 0.393 e. The number of piperidine rings is 1. The maximum absolute atomic E-state index is 13.3. The Kier molecular flexibility index (Phi) is 4.68. The number of hydrogen-bond donors (Lipinski definition) is 1. The summed E-state index contributed by atoms with van der Waals surface area (Å²) >= 11 is 0. The fourth-order valence-electron chi connectivity index (χ4n) is 2.89. The van der Waals surface area contributed by atoms with E-state index in [9.17, 15) is 13.9 Å². The predicted molar refractivity (Wildman–Crippen MR) is 79.3 cm³/mol. The molecule has 23 heavy (non-hydrogen) atoms. The van der Waals surface area contributed by atoms with Crippen LogP contribution in [0.4, 0.5) is 8.78 Å². The van der Waals surface area contributed by atoms with Crippen molar-refractivity contribution >= 4 is 0 Å². The first-order chi connectivity index (χ1) is 11.0. The summed E-state index contributed by atoms with van der Waals surface area (Å²) in [4.78, 5) is 6.40. The number of likely N-dealkylation sites (tertiary alicyclic amines) is 1. The molecule has 5 nitrogen and oxygen atoms in total. The van der Waals surface area contributed by atoms with E-state index in [4.69, 9.17) is 4.52 Å². The zero-order valence-electron chi connectivity index (χ0n) is 12.9. The van der Waals surface area contributed by atoms with E-state index in [2.05, 4.69) is 15.0 Å². The zero-order valence-corrected chi connectivity index (χ0v) is 12.9. The van der Waals surface area contributed by atoms with Gasteiger partial charge in [0.15, 0.2) is 11.6 Å². The van der Waals surface area contributed by atoms with Crippen LogP contribution in [0.2, 0.25) is 0 Å². The first kappa shape index (κ1) is 16.0. The van der Waals surface area contributed by atoms with E-state index in [1.807, 2.05) is 6.92 Å². The number of aromatic nitrogens is 2. The molecule has 0 radical (unpaired) electrons. The lowest BCUT2D eigenvalue weighted by Crippen LogP contribution is -2.39. The Morgan fingerprint density at radius 2 is 2.22 bits per heavy atom. The van der Waals surface area contributed by atoms with Crippen LogP contribution < -0.4 is 0 Å². The molecule has 0 aliphatic carbocycles. The number of halogens is 2. The molecule has 2 aromatic rings. The van der Waals surface area contributed by atoms with Crippen LogP contribution in [-0.2, 0) is 6.54 Å². The highest BCUT2D eigenvalue weighted by atomic mass is 19.2. The van der Waals surface area contributed by atoms with Crippen LogP contribution in [0, 0.1) is 17.6 Å². The second-order valence-electron chi connectivity index (χ2n) is 6.02. The molecular formula is C16H19F2N3O2. The zero-order chi connectivity index (χ0) is 16.4. The van der Waals surface area contributed by atoms with E-state index in [1.54, 1.807) is 0 Å². The van der Waals surface area contributed by atoms with Crippen molar-refractivity contribution in [3.63, 3.8) is 0 Å². The molecule has 1 aromatic heterocycles. The first-order valence-corrected chi connectivity index (χ1v) is 7.71. The highest BCUT2D eigenvalue weighted by molar-refractivity contribution is 5.54. The quantitative estimate of drug-likeness (QED) is 0.937. The highest BCUT2D eigenvalue weighted by Gasteiger charge is 2.24.